The molecule has 0 saturated heterocycles. The summed E-state index contributed by atoms with van der Waals surface area (Å²) in [5.74, 6) is -0.384. The molecular formula is C6H12NO3. The van der Waals surface area contributed by atoms with Gasteiger partial charge in [0.15, 0.2) is 0 Å². The fourth-order valence-electron chi connectivity index (χ4n) is 0.397. The maximum absolute atomic E-state index is 10.6. The first-order valence-electron chi connectivity index (χ1n) is 3.00. The maximum Gasteiger partial charge on any atom is 0.319 e. The zero-order valence-electron chi connectivity index (χ0n) is 6.46. The smallest absolute Gasteiger partial charge is 0.319 e. The van der Waals surface area contributed by atoms with Crippen molar-refractivity contribution in [2.45, 2.75) is 13.2 Å². The lowest BCUT2D eigenvalue weighted by Gasteiger charge is -2.15. The summed E-state index contributed by atoms with van der Waals surface area (Å²) in [6.07, 6.45) is -0.862. The van der Waals surface area contributed by atoms with Crippen LogP contribution in [0.3, 0.4) is 0 Å². The fourth-order valence-corrected chi connectivity index (χ4v) is 0.397. The van der Waals surface area contributed by atoms with Gasteiger partial charge in [0.25, 0.3) is 0 Å². The monoisotopic (exact) mass is 146 g/mol. The van der Waals surface area contributed by atoms with Crippen molar-refractivity contribution < 1.29 is 14.6 Å². The standard InChI is InChI=1S/C6H12NO3/c1-5(8)7(2)4-6(9)10-3/h5H,4H2,1-3H3. The van der Waals surface area contributed by atoms with E-state index in [4.69, 9.17) is 0 Å². The summed E-state index contributed by atoms with van der Waals surface area (Å²) in [7, 11) is 2.88. The molecule has 0 bridgehead atoms. The van der Waals surface area contributed by atoms with Crippen LogP contribution >= 0.6 is 0 Å². The minimum Gasteiger partial charge on any atom is -0.468 e. The molecule has 1 atom stereocenters. The Balaban J connectivity index is 3.57. The van der Waals surface area contributed by atoms with E-state index in [1.54, 1.807) is 7.05 Å². The van der Waals surface area contributed by atoms with Gasteiger partial charge in [0.1, 0.15) is 6.23 Å². The third-order valence-corrected chi connectivity index (χ3v) is 1.23. The van der Waals surface area contributed by atoms with Crippen molar-refractivity contribution >= 4 is 5.97 Å². The molecule has 0 spiro atoms. The highest BCUT2D eigenvalue weighted by Gasteiger charge is 2.10. The Morgan fingerprint density at radius 3 is 2.50 bits per heavy atom. The molecule has 0 heterocycles. The number of nitrogens with zero attached hydrogens (tertiary/aromatic N) is 1. The molecule has 0 amide bonds. The van der Waals surface area contributed by atoms with Crippen molar-refractivity contribution in [3.63, 3.8) is 0 Å². The van der Waals surface area contributed by atoms with E-state index >= 15 is 0 Å². The second-order valence-corrected chi connectivity index (χ2v) is 2.09. The van der Waals surface area contributed by atoms with E-state index in [0.29, 0.717) is 0 Å². The quantitative estimate of drug-likeness (QED) is 0.411. The highest BCUT2D eigenvalue weighted by molar-refractivity contribution is 5.71. The molecule has 4 nitrogen and oxygen atoms in total. The maximum atomic E-state index is 10.6. The van der Waals surface area contributed by atoms with Crippen molar-refractivity contribution in [3.05, 3.63) is 0 Å². The number of likely N-dealkylation sites (N-methyl/N-ethyl adjacent to an activating group) is 1. The Morgan fingerprint density at radius 1 is 1.70 bits per heavy atom. The molecule has 0 aliphatic rings. The molecule has 0 aromatic rings. The fraction of sp³-hybridized carbons (Fsp3) is 0.833. The first-order chi connectivity index (χ1) is 4.57. The molecule has 0 aliphatic carbocycles. The summed E-state index contributed by atoms with van der Waals surface area (Å²) >= 11 is 0. The SMILES string of the molecule is COC(=O)CN(C)C(C)[O]. The summed E-state index contributed by atoms with van der Waals surface area (Å²) in [5, 5.41) is 10.6. The molecule has 0 rings (SSSR count). The lowest BCUT2D eigenvalue weighted by Crippen LogP contribution is -2.33. The van der Waals surface area contributed by atoms with Crippen LogP contribution in [0.4, 0.5) is 0 Å². The zero-order valence-corrected chi connectivity index (χ0v) is 6.46. The van der Waals surface area contributed by atoms with E-state index in [2.05, 4.69) is 4.74 Å². The van der Waals surface area contributed by atoms with Gasteiger partial charge < -0.3 is 4.74 Å². The Labute approximate surface area is 60.4 Å². The third kappa shape index (κ3) is 3.42. The first kappa shape index (κ1) is 9.39. The van der Waals surface area contributed by atoms with E-state index in [0.717, 1.165) is 0 Å². The van der Waals surface area contributed by atoms with Crippen molar-refractivity contribution in [3.8, 4) is 0 Å². The number of methoxy groups -OCH3 is 1. The highest BCUT2D eigenvalue weighted by Crippen LogP contribution is 1.90. The van der Waals surface area contributed by atoms with Crippen LogP contribution in [0.2, 0.25) is 0 Å². The predicted octanol–water partition coefficient (Wildman–Crippen LogP) is -0.132. The Hall–Kier alpha value is -0.610. The topological polar surface area (TPSA) is 49.4 Å². The van der Waals surface area contributed by atoms with Crippen molar-refractivity contribution in [2.24, 2.45) is 0 Å². The molecule has 59 valence electrons. The molecule has 0 aromatic heterocycles. The van der Waals surface area contributed by atoms with Crippen molar-refractivity contribution in [1.29, 1.82) is 0 Å². The van der Waals surface area contributed by atoms with Crippen LogP contribution in [0.25, 0.3) is 0 Å². The van der Waals surface area contributed by atoms with Gasteiger partial charge in [-0.25, -0.2) is 5.11 Å². The number of esters is 1. The second-order valence-electron chi connectivity index (χ2n) is 2.09. The van der Waals surface area contributed by atoms with Gasteiger partial charge >= 0.3 is 5.97 Å². The number of rotatable bonds is 3. The summed E-state index contributed by atoms with van der Waals surface area (Å²) in [4.78, 5) is 11.9. The predicted molar refractivity (Wildman–Crippen MR) is 34.8 cm³/mol. The second kappa shape index (κ2) is 4.24. The van der Waals surface area contributed by atoms with Crippen LogP contribution < -0.4 is 0 Å². The van der Waals surface area contributed by atoms with Gasteiger partial charge in [0.05, 0.1) is 13.7 Å². The molecule has 1 radical (unpaired) electrons. The molecule has 0 fully saturated rings. The normalized spacial score (nSPS) is 13.3. The van der Waals surface area contributed by atoms with E-state index in [1.807, 2.05) is 0 Å². The average Bonchev–Trinajstić information content (AvgIpc) is 1.87. The van der Waals surface area contributed by atoms with Gasteiger partial charge in [0.2, 0.25) is 0 Å². The number of carbonyl (C=O) groups is 1. The largest absolute Gasteiger partial charge is 0.468 e. The van der Waals surface area contributed by atoms with Gasteiger partial charge in [-0.3, -0.25) is 9.69 Å². The minimum absolute atomic E-state index is 0.0567. The van der Waals surface area contributed by atoms with Crippen LogP contribution in [0.1, 0.15) is 6.92 Å². The van der Waals surface area contributed by atoms with Gasteiger partial charge in [-0.1, -0.05) is 0 Å². The van der Waals surface area contributed by atoms with Gasteiger partial charge in [0, 0.05) is 0 Å². The van der Waals surface area contributed by atoms with E-state index < -0.39 is 6.23 Å². The number of carbonyl (C=O) groups excluding carboxylic acids is 1. The van der Waals surface area contributed by atoms with Crippen LogP contribution in [-0.4, -0.2) is 37.8 Å². The van der Waals surface area contributed by atoms with E-state index in [-0.39, 0.29) is 12.5 Å². The van der Waals surface area contributed by atoms with Gasteiger partial charge in [-0.05, 0) is 14.0 Å². The van der Waals surface area contributed by atoms with Crippen molar-refractivity contribution in [1.82, 2.24) is 4.90 Å². The lowest BCUT2D eigenvalue weighted by atomic mass is 10.5. The van der Waals surface area contributed by atoms with Crippen LogP contribution in [-0.2, 0) is 14.6 Å². The summed E-state index contributed by atoms with van der Waals surface area (Å²) in [5.41, 5.74) is 0. The van der Waals surface area contributed by atoms with Crippen LogP contribution in [0.5, 0.6) is 0 Å². The molecule has 0 saturated carbocycles. The highest BCUT2D eigenvalue weighted by atomic mass is 16.5. The zero-order chi connectivity index (χ0) is 8.15. The third-order valence-electron chi connectivity index (χ3n) is 1.23. The molecule has 0 N–H and O–H groups in total. The van der Waals surface area contributed by atoms with Crippen molar-refractivity contribution in [2.75, 3.05) is 20.7 Å². The van der Waals surface area contributed by atoms with Crippen LogP contribution in [0, 0.1) is 0 Å². The van der Waals surface area contributed by atoms with E-state index in [9.17, 15) is 9.90 Å². The lowest BCUT2D eigenvalue weighted by molar-refractivity contribution is -0.145. The Kier molecular flexibility index (Phi) is 3.99. The summed E-state index contributed by atoms with van der Waals surface area (Å²) in [6.45, 7) is 1.53. The summed E-state index contributed by atoms with van der Waals surface area (Å²) < 4.78 is 4.35. The minimum atomic E-state index is -0.862. The average molecular weight is 146 g/mol. The van der Waals surface area contributed by atoms with Crippen LogP contribution in [0.15, 0.2) is 0 Å². The molecule has 0 aliphatic heterocycles. The molecule has 1 unspecified atom stereocenters. The Bertz CT molecular complexity index is 114. The summed E-state index contributed by atoms with van der Waals surface area (Å²) in [6, 6.07) is 0. The number of hydrogen-bond acceptors (Lipinski definition) is 3. The van der Waals surface area contributed by atoms with E-state index in [1.165, 1.54) is 18.9 Å². The van der Waals surface area contributed by atoms with Gasteiger partial charge in [-0.2, -0.15) is 0 Å². The molecule has 10 heavy (non-hydrogen) atoms. The molecule has 4 heteroatoms. The molecular weight excluding hydrogens is 134 g/mol. The number of hydrogen-bond donors (Lipinski definition) is 0. The first-order valence-corrected chi connectivity index (χ1v) is 3.00. The molecule has 0 aromatic carbocycles. The Morgan fingerprint density at radius 2 is 2.20 bits per heavy atom. The van der Waals surface area contributed by atoms with Gasteiger partial charge in [-0.15, -0.1) is 0 Å². The number of ether oxygens (including phenoxy) is 1.